The van der Waals surface area contributed by atoms with Crippen molar-refractivity contribution in [3.8, 4) is 34.3 Å². The highest BCUT2D eigenvalue weighted by atomic mass is 16.5. The van der Waals surface area contributed by atoms with E-state index in [2.05, 4.69) is 0 Å². The van der Waals surface area contributed by atoms with Crippen molar-refractivity contribution in [2.45, 2.75) is 12.3 Å². The van der Waals surface area contributed by atoms with Gasteiger partial charge in [-0.3, -0.25) is 9.59 Å². The minimum Gasteiger partial charge on any atom is -0.497 e. The quantitative estimate of drug-likeness (QED) is 0.187. The Hall–Kier alpha value is -5.31. The Balaban J connectivity index is 1.38. The summed E-state index contributed by atoms with van der Waals surface area (Å²) in [5, 5.41) is 9.16. The van der Waals surface area contributed by atoms with Crippen molar-refractivity contribution < 1.29 is 42.9 Å². The van der Waals surface area contributed by atoms with Crippen LogP contribution in [0.25, 0.3) is 17.4 Å². The molecule has 0 radical (unpaired) electrons. The van der Waals surface area contributed by atoms with Gasteiger partial charge in [0.25, 0.3) is 0 Å². The first-order valence-corrected chi connectivity index (χ1v) is 12.3. The summed E-state index contributed by atoms with van der Waals surface area (Å²) >= 11 is 0. The van der Waals surface area contributed by atoms with Crippen molar-refractivity contribution in [2.75, 3.05) is 14.2 Å². The Morgan fingerprint density at radius 1 is 0.950 bits per heavy atom. The lowest BCUT2D eigenvalue weighted by molar-refractivity contribution is -0.135. The number of allylic oxidation sites excluding steroid dienone is 1. The van der Waals surface area contributed by atoms with Crippen LogP contribution >= 0.6 is 0 Å². The maximum absolute atomic E-state index is 13.3. The van der Waals surface area contributed by atoms with Gasteiger partial charge in [-0.05, 0) is 54.6 Å². The fourth-order valence-corrected chi connectivity index (χ4v) is 4.90. The fourth-order valence-electron chi connectivity index (χ4n) is 4.90. The van der Waals surface area contributed by atoms with Gasteiger partial charge in [0.15, 0.2) is 5.76 Å². The zero-order valence-electron chi connectivity index (χ0n) is 21.4. The van der Waals surface area contributed by atoms with E-state index in [1.807, 2.05) is 0 Å². The zero-order valence-corrected chi connectivity index (χ0v) is 21.4. The molecule has 40 heavy (non-hydrogen) atoms. The summed E-state index contributed by atoms with van der Waals surface area (Å²) in [6, 6.07) is 18.2. The van der Waals surface area contributed by atoms with Crippen molar-refractivity contribution in [1.29, 1.82) is 0 Å². The number of esters is 1. The van der Waals surface area contributed by atoms with Crippen molar-refractivity contribution in [3.05, 3.63) is 101 Å². The molecule has 0 fully saturated rings. The molecule has 3 aromatic carbocycles. The Labute approximate surface area is 228 Å². The van der Waals surface area contributed by atoms with Gasteiger partial charge in [0.2, 0.25) is 5.78 Å². The highest BCUT2D eigenvalue weighted by Gasteiger charge is 2.39. The van der Waals surface area contributed by atoms with Crippen LogP contribution in [0.15, 0.2) is 76.9 Å². The van der Waals surface area contributed by atoms with E-state index in [9.17, 15) is 14.4 Å². The highest BCUT2D eigenvalue weighted by Crippen LogP contribution is 2.49. The summed E-state index contributed by atoms with van der Waals surface area (Å²) in [7, 11) is 3.08. The molecule has 1 atom stereocenters. The smallest absolute Gasteiger partial charge is 0.335 e. The molecular formula is C31H22O9. The maximum atomic E-state index is 13.3. The van der Waals surface area contributed by atoms with Gasteiger partial charge < -0.3 is 28.5 Å². The fraction of sp³-hybridized carbons (Fsp3) is 0.129. The number of ketones is 1. The van der Waals surface area contributed by atoms with Crippen LogP contribution in [0.4, 0.5) is 0 Å². The molecule has 0 saturated heterocycles. The average molecular weight is 539 g/mol. The third-order valence-electron chi connectivity index (χ3n) is 6.89. The lowest BCUT2D eigenvalue weighted by atomic mass is 9.88. The normalized spacial score (nSPS) is 16.6. The molecule has 1 aromatic heterocycles. The second kappa shape index (κ2) is 9.77. The molecule has 1 unspecified atom stereocenters. The molecule has 0 bridgehead atoms. The van der Waals surface area contributed by atoms with Crippen molar-refractivity contribution in [3.63, 3.8) is 0 Å². The van der Waals surface area contributed by atoms with Gasteiger partial charge in [-0.25, -0.2) is 4.79 Å². The summed E-state index contributed by atoms with van der Waals surface area (Å²) in [5.74, 6) is 0.450. The Bertz CT molecular complexity index is 1710. The third-order valence-corrected chi connectivity index (χ3v) is 6.89. The molecule has 1 N–H and O–H groups in total. The van der Waals surface area contributed by atoms with Crippen LogP contribution in [0.5, 0.6) is 23.0 Å². The molecule has 0 amide bonds. The van der Waals surface area contributed by atoms with Crippen LogP contribution in [-0.4, -0.2) is 37.0 Å². The average Bonchev–Trinajstić information content (AvgIpc) is 3.58. The summed E-state index contributed by atoms with van der Waals surface area (Å²) in [6.07, 6.45) is 1.58. The number of ether oxygens (including phenoxy) is 4. The summed E-state index contributed by atoms with van der Waals surface area (Å²) in [6.45, 7) is 0. The topological polar surface area (TPSA) is 122 Å². The lowest BCUT2D eigenvalue weighted by Gasteiger charge is -2.24. The molecule has 9 heteroatoms. The monoisotopic (exact) mass is 538 g/mol. The van der Waals surface area contributed by atoms with E-state index in [-0.39, 0.29) is 23.5 Å². The SMILES string of the molecule is COc1ccc(C=C2Oc3c(ccc4c3C(c3ccc(-c5ccc(C(=O)O)cc5)o3)CC(=O)O4)C2=O)c(OC)c1. The first-order chi connectivity index (χ1) is 19.4. The molecule has 2 aliphatic rings. The van der Waals surface area contributed by atoms with Gasteiger partial charge in [-0.15, -0.1) is 0 Å². The molecule has 0 saturated carbocycles. The van der Waals surface area contributed by atoms with E-state index < -0.39 is 17.9 Å². The first kappa shape index (κ1) is 25.0. The minimum absolute atomic E-state index is 0.0166. The molecule has 4 aromatic rings. The number of rotatable bonds is 6. The Morgan fingerprint density at radius 2 is 1.75 bits per heavy atom. The highest BCUT2D eigenvalue weighted by molar-refractivity contribution is 6.15. The predicted octanol–water partition coefficient (Wildman–Crippen LogP) is 5.72. The van der Waals surface area contributed by atoms with Crippen LogP contribution in [0, 0.1) is 0 Å². The second-order valence-corrected chi connectivity index (χ2v) is 9.22. The number of hydrogen-bond donors (Lipinski definition) is 1. The van der Waals surface area contributed by atoms with Crippen molar-refractivity contribution in [2.24, 2.45) is 0 Å². The Morgan fingerprint density at radius 3 is 2.48 bits per heavy atom. The number of Topliss-reactive ketones (excluding diaryl/α,β-unsaturated/α-hetero) is 1. The number of benzene rings is 3. The molecule has 200 valence electrons. The Kier molecular flexibility index (Phi) is 6.11. The van der Waals surface area contributed by atoms with Gasteiger partial charge in [0, 0.05) is 22.8 Å². The predicted molar refractivity (Wildman–Crippen MR) is 142 cm³/mol. The van der Waals surface area contributed by atoms with Crippen LogP contribution in [0.3, 0.4) is 0 Å². The zero-order chi connectivity index (χ0) is 28.0. The third kappa shape index (κ3) is 4.27. The van der Waals surface area contributed by atoms with Crippen molar-refractivity contribution >= 4 is 23.8 Å². The van der Waals surface area contributed by atoms with E-state index in [1.54, 1.807) is 67.8 Å². The van der Waals surface area contributed by atoms with Crippen LogP contribution in [0.2, 0.25) is 0 Å². The van der Waals surface area contributed by atoms with Crippen LogP contribution < -0.4 is 18.9 Å². The number of aromatic carboxylic acids is 1. The largest absolute Gasteiger partial charge is 0.497 e. The van der Waals surface area contributed by atoms with E-state index in [1.165, 1.54) is 19.2 Å². The number of furan rings is 1. The lowest BCUT2D eigenvalue weighted by Crippen LogP contribution is -2.21. The molecule has 0 spiro atoms. The van der Waals surface area contributed by atoms with E-state index >= 15 is 0 Å². The molecule has 9 nitrogen and oxygen atoms in total. The number of hydrogen-bond acceptors (Lipinski definition) is 8. The number of carbonyl (C=O) groups is 3. The molecular weight excluding hydrogens is 516 g/mol. The van der Waals surface area contributed by atoms with Crippen LogP contribution in [0.1, 0.15) is 49.9 Å². The molecule has 3 heterocycles. The first-order valence-electron chi connectivity index (χ1n) is 12.3. The molecule has 6 rings (SSSR count). The number of carboxylic acids is 1. The van der Waals surface area contributed by atoms with Gasteiger partial charge >= 0.3 is 11.9 Å². The van der Waals surface area contributed by atoms with E-state index in [0.717, 1.165) is 0 Å². The van der Waals surface area contributed by atoms with E-state index in [0.29, 0.717) is 56.8 Å². The van der Waals surface area contributed by atoms with Gasteiger partial charge in [0.1, 0.15) is 34.5 Å². The summed E-state index contributed by atoms with van der Waals surface area (Å²) < 4.78 is 28.5. The number of carbonyl (C=O) groups excluding carboxylic acids is 2. The van der Waals surface area contributed by atoms with E-state index in [4.69, 9.17) is 28.5 Å². The number of fused-ring (bicyclic) bond motifs is 3. The van der Waals surface area contributed by atoms with Crippen LogP contribution in [-0.2, 0) is 4.79 Å². The standard InChI is InChI=1S/C31H22O9/c1-36-19-8-7-18(25(14-19)37-2)13-26-29(33)20-9-10-24-28(30(20)40-26)21(15-27(32)39-24)23-12-11-22(38-23)16-3-5-17(6-4-16)31(34)35/h3-14,21H,15H2,1-2H3,(H,34,35). The molecule has 2 aliphatic heterocycles. The molecule has 0 aliphatic carbocycles. The van der Waals surface area contributed by atoms with Gasteiger partial charge in [0.05, 0.1) is 37.7 Å². The second-order valence-electron chi connectivity index (χ2n) is 9.22. The maximum Gasteiger partial charge on any atom is 0.335 e. The number of methoxy groups -OCH3 is 2. The van der Waals surface area contributed by atoms with Crippen molar-refractivity contribution in [1.82, 2.24) is 0 Å². The van der Waals surface area contributed by atoms with Gasteiger partial charge in [-0.2, -0.15) is 0 Å². The van der Waals surface area contributed by atoms with Gasteiger partial charge in [-0.1, -0.05) is 12.1 Å². The number of carboxylic acid groups (broad SMARTS) is 1. The summed E-state index contributed by atoms with van der Waals surface area (Å²) in [5.41, 5.74) is 2.35. The minimum atomic E-state index is -1.02. The summed E-state index contributed by atoms with van der Waals surface area (Å²) in [4.78, 5) is 37.1.